The van der Waals surface area contributed by atoms with Gasteiger partial charge in [0.1, 0.15) is 0 Å². The Hall–Kier alpha value is -0.940. The molecule has 2 aliphatic carbocycles. The van der Waals surface area contributed by atoms with Crippen LogP contribution in [0, 0.1) is 5.92 Å². The number of aliphatic hydroxyl groups excluding tert-OH is 1. The molecule has 1 heterocycles. The van der Waals surface area contributed by atoms with Gasteiger partial charge in [0.05, 0.1) is 0 Å². The first-order valence-electron chi connectivity index (χ1n) is 8.99. The summed E-state index contributed by atoms with van der Waals surface area (Å²) in [5.74, 6) is 2.55. The fraction of sp³-hybridized carbons (Fsp3) is 0.882. The average Bonchev–Trinajstić information content (AvgIpc) is 3.05. The number of aryl methyl sites for hydroxylation is 1. The molecular weight excluding hydrogens is 278 g/mol. The van der Waals surface area contributed by atoms with E-state index in [0.717, 1.165) is 31.0 Å². The molecule has 2 fully saturated rings. The SMILES string of the molecule is CCc1noc(C2CCC(NC3CCCCC3CO)CC2)n1. The predicted molar refractivity (Wildman–Crippen MR) is 84.6 cm³/mol. The van der Waals surface area contributed by atoms with Gasteiger partial charge in [0.15, 0.2) is 5.82 Å². The van der Waals surface area contributed by atoms with E-state index < -0.39 is 0 Å². The third-order valence-corrected chi connectivity index (χ3v) is 5.47. The minimum atomic E-state index is 0.328. The summed E-state index contributed by atoms with van der Waals surface area (Å²) >= 11 is 0. The Bertz CT molecular complexity index is 455. The molecule has 5 nitrogen and oxygen atoms in total. The Morgan fingerprint density at radius 2 is 1.91 bits per heavy atom. The zero-order chi connectivity index (χ0) is 15.4. The lowest BCUT2D eigenvalue weighted by Gasteiger charge is -2.36. The molecule has 0 aliphatic heterocycles. The van der Waals surface area contributed by atoms with Crippen molar-refractivity contribution in [3.8, 4) is 0 Å². The van der Waals surface area contributed by atoms with Gasteiger partial charge in [-0.3, -0.25) is 0 Å². The maximum absolute atomic E-state index is 9.54. The van der Waals surface area contributed by atoms with Gasteiger partial charge >= 0.3 is 0 Å². The lowest BCUT2D eigenvalue weighted by Crippen LogP contribution is -2.46. The van der Waals surface area contributed by atoms with Crippen molar-refractivity contribution in [1.82, 2.24) is 15.5 Å². The van der Waals surface area contributed by atoms with Crippen LogP contribution in [0.15, 0.2) is 4.52 Å². The summed E-state index contributed by atoms with van der Waals surface area (Å²) < 4.78 is 5.40. The highest BCUT2D eigenvalue weighted by molar-refractivity contribution is 4.98. The number of rotatable bonds is 5. The second-order valence-electron chi connectivity index (χ2n) is 6.95. The lowest BCUT2D eigenvalue weighted by atomic mass is 9.82. The molecule has 0 aromatic carbocycles. The monoisotopic (exact) mass is 307 g/mol. The first kappa shape index (κ1) is 15.9. The van der Waals surface area contributed by atoms with E-state index >= 15 is 0 Å². The average molecular weight is 307 g/mol. The fourth-order valence-corrected chi connectivity index (χ4v) is 4.03. The van der Waals surface area contributed by atoms with Crippen LogP contribution in [-0.2, 0) is 6.42 Å². The molecule has 0 spiro atoms. The summed E-state index contributed by atoms with van der Waals surface area (Å²) in [6.07, 6.45) is 10.4. The zero-order valence-corrected chi connectivity index (χ0v) is 13.6. The largest absolute Gasteiger partial charge is 0.396 e. The Labute approximate surface area is 132 Å². The highest BCUT2D eigenvalue weighted by Crippen LogP contribution is 2.33. The highest BCUT2D eigenvalue weighted by Gasteiger charge is 2.30. The van der Waals surface area contributed by atoms with Gasteiger partial charge in [0.2, 0.25) is 5.89 Å². The molecule has 2 N–H and O–H groups in total. The van der Waals surface area contributed by atoms with Crippen LogP contribution in [0.4, 0.5) is 0 Å². The zero-order valence-electron chi connectivity index (χ0n) is 13.6. The van der Waals surface area contributed by atoms with E-state index in [-0.39, 0.29) is 0 Å². The molecule has 124 valence electrons. The molecule has 2 aliphatic rings. The van der Waals surface area contributed by atoms with Crippen LogP contribution in [-0.4, -0.2) is 33.9 Å². The van der Waals surface area contributed by atoms with Crippen LogP contribution in [0.25, 0.3) is 0 Å². The number of nitrogens with zero attached hydrogens (tertiary/aromatic N) is 2. The van der Waals surface area contributed by atoms with Crippen LogP contribution >= 0.6 is 0 Å². The van der Waals surface area contributed by atoms with Crippen LogP contribution in [0.2, 0.25) is 0 Å². The van der Waals surface area contributed by atoms with Crippen molar-refractivity contribution in [3.63, 3.8) is 0 Å². The summed E-state index contributed by atoms with van der Waals surface area (Å²) in [5.41, 5.74) is 0. The first-order valence-corrected chi connectivity index (χ1v) is 8.99. The fourth-order valence-electron chi connectivity index (χ4n) is 4.03. The van der Waals surface area contributed by atoms with Gasteiger partial charge in [-0.2, -0.15) is 4.98 Å². The van der Waals surface area contributed by atoms with Crippen LogP contribution in [0.3, 0.4) is 0 Å². The maximum Gasteiger partial charge on any atom is 0.229 e. The van der Waals surface area contributed by atoms with Crippen molar-refractivity contribution in [2.75, 3.05) is 6.61 Å². The molecule has 2 unspecified atom stereocenters. The van der Waals surface area contributed by atoms with Gasteiger partial charge < -0.3 is 14.9 Å². The van der Waals surface area contributed by atoms with Crippen molar-refractivity contribution in [2.24, 2.45) is 5.92 Å². The Morgan fingerprint density at radius 3 is 2.59 bits per heavy atom. The second-order valence-corrected chi connectivity index (χ2v) is 6.95. The topological polar surface area (TPSA) is 71.2 Å². The van der Waals surface area contributed by atoms with E-state index in [0.29, 0.717) is 30.5 Å². The van der Waals surface area contributed by atoms with Crippen LogP contribution < -0.4 is 5.32 Å². The third-order valence-electron chi connectivity index (χ3n) is 5.47. The van der Waals surface area contributed by atoms with E-state index in [4.69, 9.17) is 4.52 Å². The molecule has 1 aromatic rings. The molecule has 2 saturated carbocycles. The number of aromatic nitrogens is 2. The second kappa shape index (κ2) is 7.55. The molecule has 0 bridgehead atoms. The van der Waals surface area contributed by atoms with Gasteiger partial charge in [-0.1, -0.05) is 24.9 Å². The van der Waals surface area contributed by atoms with Crippen molar-refractivity contribution < 1.29 is 9.63 Å². The van der Waals surface area contributed by atoms with Gasteiger partial charge in [0.25, 0.3) is 0 Å². The van der Waals surface area contributed by atoms with Gasteiger partial charge in [-0.15, -0.1) is 0 Å². The molecule has 0 radical (unpaired) electrons. The van der Waals surface area contributed by atoms with E-state index in [2.05, 4.69) is 22.4 Å². The van der Waals surface area contributed by atoms with E-state index in [1.807, 2.05) is 0 Å². The van der Waals surface area contributed by atoms with Crippen molar-refractivity contribution in [2.45, 2.75) is 82.7 Å². The first-order chi connectivity index (χ1) is 10.8. The Kier molecular flexibility index (Phi) is 5.47. The third kappa shape index (κ3) is 3.69. The molecular formula is C17H29N3O2. The number of aliphatic hydroxyl groups is 1. The van der Waals surface area contributed by atoms with Crippen molar-refractivity contribution in [1.29, 1.82) is 0 Å². The number of hydrogen-bond donors (Lipinski definition) is 2. The van der Waals surface area contributed by atoms with Gasteiger partial charge in [-0.25, -0.2) is 0 Å². The van der Waals surface area contributed by atoms with Crippen molar-refractivity contribution >= 4 is 0 Å². The number of nitrogens with one attached hydrogen (secondary N) is 1. The van der Waals surface area contributed by atoms with Crippen LogP contribution in [0.5, 0.6) is 0 Å². The summed E-state index contributed by atoms with van der Waals surface area (Å²) in [5, 5.41) is 17.4. The van der Waals surface area contributed by atoms with E-state index in [1.165, 1.54) is 38.5 Å². The normalized spacial score (nSPS) is 33.0. The minimum absolute atomic E-state index is 0.328. The highest BCUT2D eigenvalue weighted by atomic mass is 16.5. The van der Waals surface area contributed by atoms with Crippen LogP contribution in [0.1, 0.15) is 75.9 Å². The summed E-state index contributed by atoms with van der Waals surface area (Å²) in [7, 11) is 0. The molecule has 22 heavy (non-hydrogen) atoms. The van der Waals surface area contributed by atoms with Gasteiger partial charge in [0, 0.05) is 31.0 Å². The van der Waals surface area contributed by atoms with E-state index in [1.54, 1.807) is 0 Å². The Balaban J connectivity index is 1.49. The smallest absolute Gasteiger partial charge is 0.229 e. The molecule has 0 saturated heterocycles. The minimum Gasteiger partial charge on any atom is -0.396 e. The molecule has 3 rings (SSSR count). The molecule has 1 aromatic heterocycles. The molecule has 2 atom stereocenters. The summed E-state index contributed by atoms with van der Waals surface area (Å²) in [6.45, 7) is 2.38. The molecule has 0 amide bonds. The summed E-state index contributed by atoms with van der Waals surface area (Å²) in [4.78, 5) is 4.49. The predicted octanol–water partition coefficient (Wildman–Crippen LogP) is 2.80. The quantitative estimate of drug-likeness (QED) is 0.875. The maximum atomic E-state index is 9.54. The summed E-state index contributed by atoms with van der Waals surface area (Å²) in [6, 6.07) is 1.09. The number of hydrogen-bond acceptors (Lipinski definition) is 5. The Morgan fingerprint density at radius 1 is 1.14 bits per heavy atom. The van der Waals surface area contributed by atoms with E-state index in [9.17, 15) is 5.11 Å². The van der Waals surface area contributed by atoms with Crippen molar-refractivity contribution in [3.05, 3.63) is 11.7 Å². The lowest BCUT2D eigenvalue weighted by molar-refractivity contribution is 0.138. The molecule has 5 heteroatoms. The standard InChI is InChI=1S/C17H29N3O2/c1-2-16-19-17(22-20-16)12-7-9-14(10-8-12)18-15-6-4-3-5-13(15)11-21/h12-15,18,21H,2-11H2,1H3. The van der Waals surface area contributed by atoms with Gasteiger partial charge in [-0.05, 0) is 44.4 Å².